The average Bonchev–Trinajstić information content (AvgIpc) is 2.85. The van der Waals surface area contributed by atoms with Crippen molar-refractivity contribution in [2.24, 2.45) is 0 Å². The van der Waals surface area contributed by atoms with Gasteiger partial charge in [-0.3, -0.25) is 4.79 Å². The van der Waals surface area contributed by atoms with Crippen molar-refractivity contribution in [3.8, 4) is 16.9 Å². The Hall–Kier alpha value is -2.53. The molecular weight excluding hydrogens is 428 g/mol. The van der Waals surface area contributed by atoms with E-state index in [9.17, 15) is 4.79 Å². The smallest absolute Gasteiger partial charge is 0.271 e. The van der Waals surface area contributed by atoms with Gasteiger partial charge in [0.2, 0.25) is 0 Å². The highest BCUT2D eigenvalue weighted by molar-refractivity contribution is 7.99. The van der Waals surface area contributed by atoms with Crippen molar-refractivity contribution in [1.82, 2.24) is 9.78 Å². The topological polar surface area (TPSA) is 44.1 Å². The minimum absolute atomic E-state index is 0.0643. The van der Waals surface area contributed by atoms with Crippen LogP contribution in [0.1, 0.15) is 62.1 Å². The Kier molecular flexibility index (Phi) is 6.33. The van der Waals surface area contributed by atoms with Gasteiger partial charge in [0.1, 0.15) is 10.8 Å². The maximum Gasteiger partial charge on any atom is 0.271 e. The number of fused-ring (bicyclic) bond motifs is 4. The average molecular weight is 461 g/mol. The SMILES string of the molecule is CCCSc1nn(Cc2ccc(OC)cc2)c(=O)c2c1-c1ccccc1CC21CCCCC1. The minimum Gasteiger partial charge on any atom is -0.497 e. The molecule has 1 fully saturated rings. The van der Waals surface area contributed by atoms with E-state index in [-0.39, 0.29) is 11.0 Å². The lowest BCUT2D eigenvalue weighted by molar-refractivity contribution is 0.282. The van der Waals surface area contributed by atoms with E-state index in [2.05, 4.69) is 31.2 Å². The molecule has 2 aliphatic carbocycles. The number of methoxy groups -OCH3 is 1. The third-order valence-electron chi connectivity index (χ3n) is 7.21. The summed E-state index contributed by atoms with van der Waals surface area (Å²) in [5.41, 5.74) is 5.83. The first-order valence-corrected chi connectivity index (χ1v) is 13.1. The predicted molar refractivity (Wildman–Crippen MR) is 136 cm³/mol. The van der Waals surface area contributed by atoms with Gasteiger partial charge >= 0.3 is 0 Å². The zero-order chi connectivity index (χ0) is 22.8. The second kappa shape index (κ2) is 9.38. The van der Waals surface area contributed by atoms with Gasteiger partial charge in [0.05, 0.1) is 13.7 Å². The molecular formula is C28H32N2O2S. The van der Waals surface area contributed by atoms with Gasteiger partial charge in [-0.2, -0.15) is 5.10 Å². The first kappa shape index (κ1) is 22.3. The number of rotatable bonds is 6. The highest BCUT2D eigenvalue weighted by Crippen LogP contribution is 2.51. The highest BCUT2D eigenvalue weighted by atomic mass is 32.2. The molecule has 0 aliphatic heterocycles. The third-order valence-corrected chi connectivity index (χ3v) is 8.39. The van der Waals surface area contributed by atoms with Crippen molar-refractivity contribution in [2.45, 2.75) is 68.9 Å². The van der Waals surface area contributed by atoms with Crippen LogP contribution in [-0.2, 0) is 18.4 Å². The van der Waals surface area contributed by atoms with Gasteiger partial charge in [0.15, 0.2) is 0 Å². The maximum atomic E-state index is 14.1. The van der Waals surface area contributed by atoms with Gasteiger partial charge < -0.3 is 4.74 Å². The van der Waals surface area contributed by atoms with E-state index in [4.69, 9.17) is 9.84 Å². The van der Waals surface area contributed by atoms with Crippen LogP contribution in [0.4, 0.5) is 0 Å². The number of aromatic nitrogens is 2. The first-order chi connectivity index (χ1) is 16.1. The molecule has 0 bridgehead atoms. The van der Waals surface area contributed by atoms with Crippen molar-refractivity contribution in [3.05, 3.63) is 75.6 Å². The molecule has 0 saturated heterocycles. The number of hydrogen-bond donors (Lipinski definition) is 0. The largest absolute Gasteiger partial charge is 0.497 e. The summed E-state index contributed by atoms with van der Waals surface area (Å²) in [4.78, 5) is 14.1. The van der Waals surface area contributed by atoms with E-state index in [1.807, 2.05) is 24.3 Å². The van der Waals surface area contributed by atoms with Crippen LogP contribution in [0, 0.1) is 0 Å². The molecule has 172 valence electrons. The standard InChI is InChI=1S/C28H32N2O2S/c1-3-17-33-26-24-23-10-6-5-9-21(23)18-28(15-7-4-8-16-28)25(24)27(31)30(29-26)19-20-11-13-22(32-2)14-12-20/h5-6,9-14H,3-4,7-8,15-19H2,1-2H3. The Morgan fingerprint density at radius 3 is 2.55 bits per heavy atom. The van der Waals surface area contributed by atoms with Crippen molar-refractivity contribution in [1.29, 1.82) is 0 Å². The van der Waals surface area contributed by atoms with Crippen molar-refractivity contribution < 1.29 is 4.74 Å². The Balaban J connectivity index is 1.70. The fourth-order valence-corrected chi connectivity index (χ4v) is 6.54. The summed E-state index contributed by atoms with van der Waals surface area (Å²) in [7, 11) is 1.67. The lowest BCUT2D eigenvalue weighted by Crippen LogP contribution is -2.43. The summed E-state index contributed by atoms with van der Waals surface area (Å²) in [6, 6.07) is 16.6. The van der Waals surface area contributed by atoms with Crippen LogP contribution < -0.4 is 10.3 Å². The van der Waals surface area contributed by atoms with E-state index in [0.29, 0.717) is 6.54 Å². The van der Waals surface area contributed by atoms with Crippen molar-refractivity contribution >= 4 is 11.8 Å². The number of benzene rings is 2. The molecule has 5 heteroatoms. The zero-order valence-electron chi connectivity index (χ0n) is 19.6. The highest BCUT2D eigenvalue weighted by Gasteiger charge is 2.43. The minimum atomic E-state index is -0.0643. The van der Waals surface area contributed by atoms with Crippen LogP contribution in [0.3, 0.4) is 0 Å². The van der Waals surface area contributed by atoms with Crippen LogP contribution in [0.25, 0.3) is 11.1 Å². The van der Waals surface area contributed by atoms with Gasteiger partial charge in [-0.05, 0) is 60.3 Å². The van der Waals surface area contributed by atoms with Crippen molar-refractivity contribution in [2.75, 3.05) is 12.9 Å². The molecule has 2 aliphatic rings. The molecule has 0 atom stereocenters. The number of hydrogen-bond acceptors (Lipinski definition) is 4. The molecule has 4 nitrogen and oxygen atoms in total. The molecule has 2 aromatic carbocycles. The molecule has 5 rings (SSSR count). The molecule has 0 amide bonds. The summed E-state index contributed by atoms with van der Waals surface area (Å²) in [6.07, 6.45) is 7.88. The van der Waals surface area contributed by atoms with Crippen LogP contribution in [-0.4, -0.2) is 22.6 Å². The molecule has 1 aromatic heterocycles. The van der Waals surface area contributed by atoms with E-state index in [1.165, 1.54) is 30.4 Å². The molecule has 1 heterocycles. The van der Waals surface area contributed by atoms with Gasteiger partial charge in [0, 0.05) is 16.5 Å². The summed E-state index contributed by atoms with van der Waals surface area (Å²) in [5.74, 6) is 1.82. The van der Waals surface area contributed by atoms with Crippen LogP contribution in [0.15, 0.2) is 58.4 Å². The molecule has 0 radical (unpaired) electrons. The Morgan fingerprint density at radius 1 is 1.06 bits per heavy atom. The molecule has 3 aromatic rings. The monoisotopic (exact) mass is 460 g/mol. The van der Waals surface area contributed by atoms with Crippen LogP contribution >= 0.6 is 11.8 Å². The van der Waals surface area contributed by atoms with E-state index in [1.54, 1.807) is 23.6 Å². The fraction of sp³-hybridized carbons (Fsp3) is 0.429. The lowest BCUT2D eigenvalue weighted by Gasteiger charge is -2.42. The quantitative estimate of drug-likeness (QED) is 0.409. The van der Waals surface area contributed by atoms with Gasteiger partial charge in [-0.25, -0.2) is 4.68 Å². The molecule has 1 spiro atoms. The maximum absolute atomic E-state index is 14.1. The Labute approximate surface area is 200 Å². The molecule has 1 saturated carbocycles. The van der Waals surface area contributed by atoms with Crippen LogP contribution in [0.5, 0.6) is 5.75 Å². The fourth-order valence-electron chi connectivity index (χ4n) is 5.63. The summed E-state index contributed by atoms with van der Waals surface area (Å²) in [6.45, 7) is 2.68. The number of ether oxygens (including phenoxy) is 1. The third kappa shape index (κ3) is 4.12. The Morgan fingerprint density at radius 2 is 1.82 bits per heavy atom. The summed E-state index contributed by atoms with van der Waals surface area (Å²) >= 11 is 1.79. The first-order valence-electron chi connectivity index (χ1n) is 12.1. The molecule has 0 unspecified atom stereocenters. The Bertz CT molecular complexity index is 1190. The predicted octanol–water partition coefficient (Wildman–Crippen LogP) is 6.23. The van der Waals surface area contributed by atoms with Gasteiger partial charge in [-0.1, -0.05) is 62.6 Å². The second-order valence-corrected chi connectivity index (χ2v) is 10.5. The molecule has 0 N–H and O–H groups in total. The normalized spacial score (nSPS) is 16.3. The van der Waals surface area contributed by atoms with Gasteiger partial charge in [0.25, 0.3) is 5.56 Å². The van der Waals surface area contributed by atoms with Crippen LogP contribution in [0.2, 0.25) is 0 Å². The van der Waals surface area contributed by atoms with Crippen molar-refractivity contribution in [3.63, 3.8) is 0 Å². The number of nitrogens with zero attached hydrogens (tertiary/aromatic N) is 2. The van der Waals surface area contributed by atoms with E-state index < -0.39 is 0 Å². The van der Waals surface area contributed by atoms with Gasteiger partial charge in [-0.15, -0.1) is 11.8 Å². The lowest BCUT2D eigenvalue weighted by atomic mass is 9.62. The van der Waals surface area contributed by atoms with E-state index >= 15 is 0 Å². The second-order valence-electron chi connectivity index (χ2n) is 9.39. The number of thioether (sulfide) groups is 1. The summed E-state index contributed by atoms with van der Waals surface area (Å²) < 4.78 is 7.03. The zero-order valence-corrected chi connectivity index (χ0v) is 20.4. The summed E-state index contributed by atoms with van der Waals surface area (Å²) in [5, 5.41) is 5.98. The van der Waals surface area contributed by atoms with E-state index in [0.717, 1.165) is 58.9 Å². The molecule has 33 heavy (non-hydrogen) atoms.